The van der Waals surface area contributed by atoms with E-state index in [4.69, 9.17) is 38.4 Å². The molecule has 0 saturated carbocycles. The largest absolute Gasteiger partial charge is 0.494 e. The average Bonchev–Trinajstić information content (AvgIpc) is 3.52. The average molecular weight is 679 g/mol. The molecular weight excluding hydrogens is 640 g/mol. The molecule has 47 heavy (non-hydrogen) atoms. The van der Waals surface area contributed by atoms with Crippen LogP contribution in [0.5, 0.6) is 5.75 Å². The third-order valence-corrected chi connectivity index (χ3v) is 10.1. The SMILES string of the molecule is CCOC(=O)C1=CCC([C@H](N)CC2C[C@H](c3cccc(Cl)c3F)[C@]3(C(=O)Nc4cc(Cl)ccc43)N2Cc2cccc(OCC)c2)C=C1. The number of nitrogens with zero attached hydrogens (tertiary/aromatic N) is 1. The molecule has 2 aliphatic heterocycles. The highest BCUT2D eigenvalue weighted by Gasteiger charge is 2.63. The highest BCUT2D eigenvalue weighted by atomic mass is 35.5. The minimum Gasteiger partial charge on any atom is -0.494 e. The molecule has 5 atom stereocenters. The number of benzene rings is 3. The Morgan fingerprint density at radius 1 is 1.13 bits per heavy atom. The third-order valence-electron chi connectivity index (χ3n) is 9.55. The summed E-state index contributed by atoms with van der Waals surface area (Å²) in [4.78, 5) is 29.0. The standard InChI is InChI=1S/C37H38Cl2FN3O4/c1-3-46-27-8-5-7-22(17-27)21-43-26(20-32(41)23-11-13-24(14-12-23)35(44)47-4-2)19-30(28-9-6-10-31(39)34(28)40)37(43)29-16-15-25(38)18-33(29)42-36(37)45/h5-11,13-18,23,26,30,32H,3-4,12,19-21,41H2,1-2H3,(H,42,45)/t23?,26?,30-,32-,37-/m1/s1. The third kappa shape index (κ3) is 6.20. The van der Waals surface area contributed by atoms with Crippen molar-refractivity contribution in [3.63, 3.8) is 0 Å². The summed E-state index contributed by atoms with van der Waals surface area (Å²) in [6, 6.07) is 17.6. The van der Waals surface area contributed by atoms with Crippen LogP contribution in [-0.4, -0.2) is 42.1 Å². The number of carbonyl (C=O) groups excluding carboxylic acids is 2. The first-order chi connectivity index (χ1) is 22.7. The van der Waals surface area contributed by atoms with Gasteiger partial charge in [0.25, 0.3) is 0 Å². The number of anilines is 1. The van der Waals surface area contributed by atoms with E-state index in [1.165, 1.54) is 6.07 Å². The number of rotatable bonds is 10. The van der Waals surface area contributed by atoms with Crippen LogP contribution >= 0.6 is 23.2 Å². The summed E-state index contributed by atoms with van der Waals surface area (Å²) in [6.45, 7) is 4.90. The molecule has 7 nitrogen and oxygen atoms in total. The second-order valence-electron chi connectivity index (χ2n) is 12.2. The van der Waals surface area contributed by atoms with Crippen molar-refractivity contribution >= 4 is 40.8 Å². The molecule has 3 aromatic rings. The van der Waals surface area contributed by atoms with Crippen LogP contribution in [0.25, 0.3) is 0 Å². The molecule has 1 saturated heterocycles. The highest BCUT2D eigenvalue weighted by Crippen LogP contribution is 2.59. The van der Waals surface area contributed by atoms with Gasteiger partial charge in [-0.25, -0.2) is 9.18 Å². The molecule has 6 rings (SSSR count). The summed E-state index contributed by atoms with van der Waals surface area (Å²) in [5, 5.41) is 3.56. The van der Waals surface area contributed by atoms with E-state index in [1.807, 2.05) is 49.4 Å². The van der Waals surface area contributed by atoms with Crippen molar-refractivity contribution < 1.29 is 23.5 Å². The van der Waals surface area contributed by atoms with Crippen LogP contribution in [-0.2, 0) is 26.4 Å². The van der Waals surface area contributed by atoms with Gasteiger partial charge in [0.15, 0.2) is 0 Å². The zero-order chi connectivity index (χ0) is 33.3. The summed E-state index contributed by atoms with van der Waals surface area (Å²) in [7, 11) is 0. The molecule has 2 unspecified atom stereocenters. The zero-order valence-corrected chi connectivity index (χ0v) is 27.9. The van der Waals surface area contributed by atoms with Gasteiger partial charge in [0.05, 0.1) is 23.8 Å². The van der Waals surface area contributed by atoms with Gasteiger partial charge in [-0.2, -0.15) is 0 Å². The van der Waals surface area contributed by atoms with Crippen molar-refractivity contribution in [3.8, 4) is 5.75 Å². The second-order valence-corrected chi connectivity index (χ2v) is 13.1. The van der Waals surface area contributed by atoms with Crippen LogP contribution in [0.2, 0.25) is 10.0 Å². The number of amides is 1. The first-order valence-electron chi connectivity index (χ1n) is 16.0. The number of ether oxygens (including phenoxy) is 2. The van der Waals surface area contributed by atoms with Gasteiger partial charge >= 0.3 is 5.97 Å². The molecule has 2 heterocycles. The Kier molecular flexibility index (Phi) is 9.76. The van der Waals surface area contributed by atoms with E-state index in [2.05, 4.69) is 10.2 Å². The van der Waals surface area contributed by atoms with Crippen LogP contribution in [0.4, 0.5) is 10.1 Å². The molecule has 0 aromatic heterocycles. The van der Waals surface area contributed by atoms with E-state index in [0.717, 1.165) is 16.9 Å². The number of fused-ring (bicyclic) bond motifs is 2. The van der Waals surface area contributed by atoms with Crippen molar-refractivity contribution in [1.29, 1.82) is 0 Å². The van der Waals surface area contributed by atoms with Crippen molar-refractivity contribution in [2.75, 3.05) is 18.5 Å². The van der Waals surface area contributed by atoms with Gasteiger partial charge in [0.1, 0.15) is 17.1 Å². The number of esters is 1. The number of hydrogen-bond donors (Lipinski definition) is 2. The lowest BCUT2D eigenvalue weighted by molar-refractivity contribution is -0.138. The van der Waals surface area contributed by atoms with Crippen LogP contribution in [0, 0.1) is 11.7 Å². The maximum absolute atomic E-state index is 16.0. The maximum atomic E-state index is 16.0. The van der Waals surface area contributed by atoms with E-state index < -0.39 is 17.3 Å². The number of hydrogen-bond acceptors (Lipinski definition) is 6. The van der Waals surface area contributed by atoms with Crippen LogP contribution in [0.1, 0.15) is 55.7 Å². The van der Waals surface area contributed by atoms with Crippen molar-refractivity contribution in [2.45, 2.75) is 63.2 Å². The normalized spacial score (nSPS) is 24.2. The molecule has 0 radical (unpaired) electrons. The van der Waals surface area contributed by atoms with Crippen LogP contribution in [0.15, 0.2) is 84.5 Å². The van der Waals surface area contributed by atoms with Crippen molar-refractivity contribution in [3.05, 3.63) is 117 Å². The molecule has 0 bridgehead atoms. The van der Waals surface area contributed by atoms with Gasteiger partial charge in [-0.05, 0) is 80.5 Å². The number of nitrogens with one attached hydrogen (secondary N) is 1. The lowest BCUT2D eigenvalue weighted by Crippen LogP contribution is -2.52. The first-order valence-corrected chi connectivity index (χ1v) is 16.8. The minimum absolute atomic E-state index is 0.0000330. The lowest BCUT2D eigenvalue weighted by atomic mass is 9.75. The predicted molar refractivity (Wildman–Crippen MR) is 182 cm³/mol. The Hall–Kier alpha value is -3.69. The first kappa shape index (κ1) is 33.2. The molecule has 3 N–H and O–H groups in total. The van der Waals surface area contributed by atoms with Gasteiger partial charge in [0.2, 0.25) is 5.91 Å². The van der Waals surface area contributed by atoms with E-state index in [1.54, 1.807) is 37.3 Å². The number of nitrogens with two attached hydrogens (primary N) is 1. The van der Waals surface area contributed by atoms with E-state index in [-0.39, 0.29) is 34.9 Å². The summed E-state index contributed by atoms with van der Waals surface area (Å²) < 4.78 is 27.0. The Morgan fingerprint density at radius 2 is 1.94 bits per heavy atom. The Labute approximate surface area is 284 Å². The number of likely N-dealkylation sites (tertiary alicyclic amines) is 1. The molecule has 3 aromatic carbocycles. The van der Waals surface area contributed by atoms with Gasteiger partial charge in [-0.1, -0.05) is 71.8 Å². The summed E-state index contributed by atoms with van der Waals surface area (Å²) in [5.74, 6) is -1.06. The molecular formula is C37H38Cl2FN3O4. The maximum Gasteiger partial charge on any atom is 0.337 e. The lowest BCUT2D eigenvalue weighted by Gasteiger charge is -2.41. The molecule has 246 valence electrons. The van der Waals surface area contributed by atoms with Gasteiger partial charge < -0.3 is 20.5 Å². The smallest absolute Gasteiger partial charge is 0.337 e. The molecule has 1 fully saturated rings. The Bertz CT molecular complexity index is 1750. The molecule has 1 spiro atoms. The van der Waals surface area contributed by atoms with E-state index in [0.29, 0.717) is 60.9 Å². The zero-order valence-electron chi connectivity index (χ0n) is 26.3. The Morgan fingerprint density at radius 3 is 2.68 bits per heavy atom. The highest BCUT2D eigenvalue weighted by molar-refractivity contribution is 6.31. The molecule has 1 amide bonds. The fourth-order valence-corrected chi connectivity index (χ4v) is 7.86. The minimum atomic E-state index is -1.28. The summed E-state index contributed by atoms with van der Waals surface area (Å²) in [6.07, 6.45) is 7.14. The van der Waals surface area contributed by atoms with Crippen molar-refractivity contribution in [2.24, 2.45) is 11.7 Å². The summed E-state index contributed by atoms with van der Waals surface area (Å²) in [5.41, 5.74) is 8.82. The van der Waals surface area contributed by atoms with Crippen LogP contribution in [0.3, 0.4) is 0 Å². The number of allylic oxidation sites excluding steroid dienone is 1. The quantitative estimate of drug-likeness (QED) is 0.216. The Balaban J connectivity index is 1.44. The monoisotopic (exact) mass is 677 g/mol. The van der Waals surface area contributed by atoms with Crippen molar-refractivity contribution in [1.82, 2.24) is 4.90 Å². The predicted octanol–water partition coefficient (Wildman–Crippen LogP) is 7.52. The van der Waals surface area contributed by atoms with Gasteiger partial charge in [0, 0.05) is 40.8 Å². The number of carbonyl (C=O) groups is 2. The van der Waals surface area contributed by atoms with E-state index in [9.17, 15) is 9.59 Å². The van der Waals surface area contributed by atoms with Crippen LogP contribution < -0.4 is 15.8 Å². The fourth-order valence-electron chi connectivity index (χ4n) is 7.51. The fraction of sp³-hybridized carbons (Fsp3) is 0.351. The molecule has 3 aliphatic rings. The van der Waals surface area contributed by atoms with E-state index >= 15 is 4.39 Å². The number of halogens is 3. The molecule has 10 heteroatoms. The molecule has 1 aliphatic carbocycles. The topological polar surface area (TPSA) is 93.9 Å². The van der Waals surface area contributed by atoms with Gasteiger partial charge in [-0.15, -0.1) is 0 Å². The second kappa shape index (κ2) is 13.8. The van der Waals surface area contributed by atoms with Gasteiger partial charge in [-0.3, -0.25) is 9.69 Å². The summed E-state index contributed by atoms with van der Waals surface area (Å²) >= 11 is 12.7.